The Labute approximate surface area is 116 Å². The van der Waals surface area contributed by atoms with Gasteiger partial charge in [-0.2, -0.15) is 0 Å². The van der Waals surface area contributed by atoms with Crippen LogP contribution in [0.3, 0.4) is 0 Å². The first-order valence-corrected chi connectivity index (χ1v) is 7.74. The van der Waals surface area contributed by atoms with Crippen LogP contribution in [0.25, 0.3) is 0 Å². The number of carbonyl (C=O) groups excluding carboxylic acids is 2. The van der Waals surface area contributed by atoms with Crippen LogP contribution in [-0.4, -0.2) is 36.3 Å². The molecule has 0 radical (unpaired) electrons. The van der Waals surface area contributed by atoms with Crippen molar-refractivity contribution in [2.24, 2.45) is 5.92 Å². The first-order valence-electron chi connectivity index (χ1n) is 7.74. The van der Waals surface area contributed by atoms with Crippen molar-refractivity contribution in [3.05, 3.63) is 0 Å². The molecule has 0 bridgehead atoms. The minimum Gasteiger partial charge on any atom is -0.356 e. The highest BCUT2D eigenvalue weighted by atomic mass is 16.2. The summed E-state index contributed by atoms with van der Waals surface area (Å²) in [6.45, 7) is 6.45. The molecule has 2 amide bonds. The van der Waals surface area contributed by atoms with E-state index in [-0.39, 0.29) is 17.7 Å². The molecule has 0 atom stereocenters. The number of hydrogen-bond acceptors (Lipinski definition) is 2. The normalized spacial score (nSPS) is 16.4. The van der Waals surface area contributed by atoms with Gasteiger partial charge in [0.25, 0.3) is 0 Å². The van der Waals surface area contributed by atoms with Gasteiger partial charge in [0.1, 0.15) is 0 Å². The Hall–Kier alpha value is -1.06. The molecule has 19 heavy (non-hydrogen) atoms. The standard InChI is InChI=1S/C15H28N2O2/c1-3-5-6-7-14(18)17-11-8-13(9-12-17)15(19)16-10-4-2/h13H,3-12H2,1-2H3,(H,16,19). The predicted molar refractivity (Wildman–Crippen MR) is 76.7 cm³/mol. The molecular formula is C15H28N2O2. The van der Waals surface area contributed by atoms with Gasteiger partial charge in [-0.3, -0.25) is 9.59 Å². The van der Waals surface area contributed by atoms with E-state index in [2.05, 4.69) is 19.2 Å². The summed E-state index contributed by atoms with van der Waals surface area (Å²) in [7, 11) is 0. The van der Waals surface area contributed by atoms with Crippen LogP contribution >= 0.6 is 0 Å². The summed E-state index contributed by atoms with van der Waals surface area (Å²) in [5.74, 6) is 0.534. The van der Waals surface area contributed by atoms with Crippen LogP contribution in [0.15, 0.2) is 0 Å². The van der Waals surface area contributed by atoms with Gasteiger partial charge in [-0.15, -0.1) is 0 Å². The van der Waals surface area contributed by atoms with Gasteiger partial charge in [-0.25, -0.2) is 0 Å². The van der Waals surface area contributed by atoms with Crippen LogP contribution in [0.4, 0.5) is 0 Å². The molecule has 0 aromatic heterocycles. The first-order chi connectivity index (χ1) is 9.19. The zero-order valence-electron chi connectivity index (χ0n) is 12.4. The lowest BCUT2D eigenvalue weighted by molar-refractivity contribution is -0.135. The Balaban J connectivity index is 2.24. The van der Waals surface area contributed by atoms with Crippen molar-refractivity contribution < 1.29 is 9.59 Å². The van der Waals surface area contributed by atoms with Crippen molar-refractivity contribution in [3.63, 3.8) is 0 Å². The van der Waals surface area contributed by atoms with E-state index in [1.165, 1.54) is 0 Å². The van der Waals surface area contributed by atoms with E-state index in [0.29, 0.717) is 6.42 Å². The first kappa shape index (κ1) is 16.0. The van der Waals surface area contributed by atoms with E-state index < -0.39 is 0 Å². The van der Waals surface area contributed by atoms with Gasteiger partial charge in [-0.05, 0) is 25.7 Å². The fourth-order valence-electron chi connectivity index (χ4n) is 2.47. The lowest BCUT2D eigenvalue weighted by Gasteiger charge is -2.31. The molecule has 1 fully saturated rings. The molecule has 1 rings (SSSR count). The summed E-state index contributed by atoms with van der Waals surface area (Å²) in [5, 5.41) is 2.95. The maximum Gasteiger partial charge on any atom is 0.223 e. The topological polar surface area (TPSA) is 49.4 Å². The maximum absolute atomic E-state index is 11.9. The molecule has 1 aliphatic rings. The minimum absolute atomic E-state index is 0.103. The summed E-state index contributed by atoms with van der Waals surface area (Å²) < 4.78 is 0. The second-order valence-corrected chi connectivity index (χ2v) is 5.40. The highest BCUT2D eigenvalue weighted by Crippen LogP contribution is 2.18. The van der Waals surface area contributed by atoms with Crippen molar-refractivity contribution in [1.29, 1.82) is 0 Å². The average Bonchev–Trinajstić information content (AvgIpc) is 2.45. The molecule has 1 saturated heterocycles. The number of nitrogens with zero attached hydrogens (tertiary/aromatic N) is 1. The molecule has 4 nitrogen and oxygen atoms in total. The molecule has 0 aliphatic carbocycles. The predicted octanol–water partition coefficient (Wildman–Crippen LogP) is 2.33. The van der Waals surface area contributed by atoms with Gasteiger partial charge >= 0.3 is 0 Å². The molecule has 1 heterocycles. The smallest absolute Gasteiger partial charge is 0.223 e. The molecule has 1 N–H and O–H groups in total. The SMILES string of the molecule is CCCCCC(=O)N1CCC(C(=O)NCCC)CC1. The molecular weight excluding hydrogens is 240 g/mol. The van der Waals surface area contributed by atoms with Gasteiger partial charge in [0, 0.05) is 32.0 Å². The lowest BCUT2D eigenvalue weighted by Crippen LogP contribution is -2.43. The van der Waals surface area contributed by atoms with Crippen LogP contribution < -0.4 is 5.32 Å². The maximum atomic E-state index is 11.9. The summed E-state index contributed by atoms with van der Waals surface area (Å²) in [6, 6.07) is 0. The van der Waals surface area contributed by atoms with Crippen LogP contribution in [0.2, 0.25) is 0 Å². The highest BCUT2D eigenvalue weighted by Gasteiger charge is 2.26. The van der Waals surface area contributed by atoms with E-state index in [1.54, 1.807) is 0 Å². The van der Waals surface area contributed by atoms with Crippen molar-refractivity contribution >= 4 is 11.8 Å². The Morgan fingerprint density at radius 3 is 2.37 bits per heavy atom. The lowest BCUT2D eigenvalue weighted by atomic mass is 9.95. The quantitative estimate of drug-likeness (QED) is 0.720. The summed E-state index contributed by atoms with van der Waals surface area (Å²) >= 11 is 0. The van der Waals surface area contributed by atoms with Gasteiger partial charge < -0.3 is 10.2 Å². The second-order valence-electron chi connectivity index (χ2n) is 5.40. The largest absolute Gasteiger partial charge is 0.356 e. The zero-order valence-corrected chi connectivity index (χ0v) is 12.4. The zero-order chi connectivity index (χ0) is 14.1. The minimum atomic E-state index is 0.103. The number of amides is 2. The molecule has 4 heteroatoms. The van der Waals surface area contributed by atoms with Crippen molar-refractivity contribution in [2.45, 2.75) is 58.8 Å². The number of unbranched alkanes of at least 4 members (excludes halogenated alkanes) is 2. The van der Waals surface area contributed by atoms with Crippen molar-refractivity contribution in [1.82, 2.24) is 10.2 Å². The number of piperidine rings is 1. The van der Waals surface area contributed by atoms with Gasteiger partial charge in [0.2, 0.25) is 11.8 Å². The van der Waals surface area contributed by atoms with E-state index in [4.69, 9.17) is 0 Å². The van der Waals surface area contributed by atoms with E-state index in [9.17, 15) is 9.59 Å². The average molecular weight is 268 g/mol. The molecule has 0 aromatic carbocycles. The molecule has 0 spiro atoms. The number of carbonyl (C=O) groups is 2. The van der Waals surface area contributed by atoms with Gasteiger partial charge in [-0.1, -0.05) is 26.7 Å². The number of hydrogen-bond donors (Lipinski definition) is 1. The van der Waals surface area contributed by atoms with Crippen molar-refractivity contribution in [2.75, 3.05) is 19.6 Å². The van der Waals surface area contributed by atoms with E-state index >= 15 is 0 Å². The van der Waals surface area contributed by atoms with Crippen LogP contribution in [0.5, 0.6) is 0 Å². The molecule has 0 aromatic rings. The third kappa shape index (κ3) is 5.62. The molecule has 110 valence electrons. The molecule has 0 unspecified atom stereocenters. The van der Waals surface area contributed by atoms with E-state index in [0.717, 1.165) is 58.2 Å². The molecule has 0 saturated carbocycles. The number of likely N-dealkylation sites (tertiary alicyclic amines) is 1. The fourth-order valence-corrected chi connectivity index (χ4v) is 2.47. The van der Waals surface area contributed by atoms with Gasteiger partial charge in [0.15, 0.2) is 0 Å². The van der Waals surface area contributed by atoms with Crippen LogP contribution in [0.1, 0.15) is 58.8 Å². The third-order valence-electron chi connectivity index (χ3n) is 3.76. The van der Waals surface area contributed by atoms with E-state index in [1.807, 2.05) is 4.90 Å². The van der Waals surface area contributed by atoms with Crippen LogP contribution in [0, 0.1) is 5.92 Å². The van der Waals surface area contributed by atoms with Gasteiger partial charge in [0.05, 0.1) is 0 Å². The third-order valence-corrected chi connectivity index (χ3v) is 3.76. The number of nitrogens with one attached hydrogen (secondary N) is 1. The summed E-state index contributed by atoms with van der Waals surface area (Å²) in [5.41, 5.74) is 0. The monoisotopic (exact) mass is 268 g/mol. The van der Waals surface area contributed by atoms with Crippen LogP contribution in [-0.2, 0) is 9.59 Å². The second kappa shape index (κ2) is 8.94. The Bertz CT molecular complexity index is 284. The molecule has 1 aliphatic heterocycles. The summed E-state index contributed by atoms with van der Waals surface area (Å²) in [6.07, 6.45) is 6.53. The van der Waals surface area contributed by atoms with Crippen molar-refractivity contribution in [3.8, 4) is 0 Å². The Morgan fingerprint density at radius 2 is 1.79 bits per heavy atom. The summed E-state index contributed by atoms with van der Waals surface area (Å²) in [4.78, 5) is 25.7. The fraction of sp³-hybridized carbons (Fsp3) is 0.867. The Morgan fingerprint density at radius 1 is 1.11 bits per heavy atom. The Kier molecular flexibility index (Phi) is 7.53. The highest BCUT2D eigenvalue weighted by molar-refractivity contribution is 5.80. The number of rotatable bonds is 7.